The van der Waals surface area contributed by atoms with Gasteiger partial charge < -0.3 is 5.32 Å². The number of fused-ring (bicyclic) bond motifs is 1. The molecule has 6 nitrogen and oxygen atoms in total. The van der Waals surface area contributed by atoms with Crippen molar-refractivity contribution in [3.05, 3.63) is 57.4 Å². The first kappa shape index (κ1) is 20.3. The van der Waals surface area contributed by atoms with E-state index in [0.29, 0.717) is 32.8 Å². The molecular formula is C20H22N4O2S2. The molecule has 0 aliphatic carbocycles. The van der Waals surface area contributed by atoms with Gasteiger partial charge in [-0.1, -0.05) is 43.0 Å². The Kier molecular flexibility index (Phi) is 6.00. The quantitative estimate of drug-likeness (QED) is 0.443. The SMILES string of the molecule is C=CCNc1nc2ccc(C)cn2c(=O)c1/C=C1\SC(=S)N(C(C)CC)C1=O. The Morgan fingerprint density at radius 3 is 2.82 bits per heavy atom. The van der Waals surface area contributed by atoms with Gasteiger partial charge in [0.15, 0.2) is 0 Å². The molecule has 0 bridgehead atoms. The van der Waals surface area contributed by atoms with E-state index < -0.39 is 0 Å². The highest BCUT2D eigenvalue weighted by Crippen LogP contribution is 2.34. The molecular weight excluding hydrogens is 392 g/mol. The average molecular weight is 415 g/mol. The lowest BCUT2D eigenvalue weighted by Crippen LogP contribution is -2.36. The molecule has 3 heterocycles. The summed E-state index contributed by atoms with van der Waals surface area (Å²) in [6.07, 6.45) is 5.82. The van der Waals surface area contributed by atoms with Gasteiger partial charge in [-0.25, -0.2) is 4.98 Å². The monoisotopic (exact) mass is 414 g/mol. The number of aromatic nitrogens is 2. The summed E-state index contributed by atoms with van der Waals surface area (Å²) in [6, 6.07) is 3.70. The number of amides is 1. The minimum atomic E-state index is -0.242. The maximum atomic E-state index is 13.2. The number of anilines is 1. The van der Waals surface area contributed by atoms with Crippen LogP contribution in [0.1, 0.15) is 31.4 Å². The van der Waals surface area contributed by atoms with Gasteiger partial charge in [0, 0.05) is 18.8 Å². The standard InChI is InChI=1S/C20H22N4O2S2/c1-5-9-21-17-14(18(25)23-11-12(3)7-8-16(23)22-17)10-15-19(26)24(13(4)6-2)20(27)28-15/h5,7-8,10-11,13,21H,1,6,9H2,2-4H3/b15-10-. The maximum absolute atomic E-state index is 13.2. The second kappa shape index (κ2) is 8.28. The second-order valence-electron chi connectivity index (χ2n) is 6.59. The molecule has 0 radical (unpaired) electrons. The Hall–Kier alpha value is -2.45. The third-order valence-electron chi connectivity index (χ3n) is 4.55. The molecule has 1 fully saturated rings. The molecule has 1 atom stereocenters. The molecule has 1 aliphatic heterocycles. The van der Waals surface area contributed by atoms with E-state index in [1.807, 2.05) is 26.8 Å². The van der Waals surface area contributed by atoms with Gasteiger partial charge in [0.25, 0.3) is 11.5 Å². The first-order valence-corrected chi connectivity index (χ1v) is 10.2. The zero-order chi connectivity index (χ0) is 20.4. The van der Waals surface area contributed by atoms with Crippen LogP contribution in [0.2, 0.25) is 0 Å². The molecule has 3 rings (SSSR count). The van der Waals surface area contributed by atoms with Crippen molar-refractivity contribution in [1.82, 2.24) is 14.3 Å². The van der Waals surface area contributed by atoms with Crippen molar-refractivity contribution < 1.29 is 4.79 Å². The third kappa shape index (κ3) is 3.74. The van der Waals surface area contributed by atoms with E-state index in [1.165, 1.54) is 16.2 Å². The summed E-state index contributed by atoms with van der Waals surface area (Å²) in [7, 11) is 0. The van der Waals surface area contributed by atoms with Gasteiger partial charge in [0.2, 0.25) is 0 Å². The lowest BCUT2D eigenvalue weighted by molar-refractivity contribution is -0.123. The van der Waals surface area contributed by atoms with E-state index in [2.05, 4.69) is 16.9 Å². The lowest BCUT2D eigenvalue weighted by atomic mass is 10.2. The molecule has 1 N–H and O–H groups in total. The average Bonchev–Trinajstić information content (AvgIpc) is 2.95. The zero-order valence-corrected chi connectivity index (χ0v) is 17.7. The first-order chi connectivity index (χ1) is 13.4. The zero-order valence-electron chi connectivity index (χ0n) is 16.1. The Labute approximate surface area is 173 Å². The number of thioether (sulfide) groups is 1. The number of hydrogen-bond acceptors (Lipinski definition) is 6. The highest BCUT2D eigenvalue weighted by atomic mass is 32.2. The molecule has 2 aromatic heterocycles. The van der Waals surface area contributed by atoms with Crippen LogP contribution in [-0.2, 0) is 4.79 Å². The molecule has 1 amide bonds. The highest BCUT2D eigenvalue weighted by Gasteiger charge is 2.35. The predicted molar refractivity (Wildman–Crippen MR) is 120 cm³/mol. The van der Waals surface area contributed by atoms with Crippen molar-refractivity contribution in [2.45, 2.75) is 33.2 Å². The summed E-state index contributed by atoms with van der Waals surface area (Å²) < 4.78 is 2.01. The van der Waals surface area contributed by atoms with Gasteiger partial charge in [-0.05, 0) is 38.0 Å². The maximum Gasteiger partial charge on any atom is 0.267 e. The van der Waals surface area contributed by atoms with Crippen LogP contribution in [0.15, 0.2) is 40.7 Å². The number of rotatable bonds is 6. The van der Waals surface area contributed by atoms with Crippen molar-refractivity contribution in [1.29, 1.82) is 0 Å². The molecule has 8 heteroatoms. The number of hydrogen-bond donors (Lipinski definition) is 1. The smallest absolute Gasteiger partial charge is 0.267 e. The molecule has 1 unspecified atom stereocenters. The molecule has 0 aromatic carbocycles. The van der Waals surface area contributed by atoms with Crippen molar-refractivity contribution in [2.24, 2.45) is 0 Å². The molecule has 0 spiro atoms. The largest absolute Gasteiger partial charge is 0.366 e. The van der Waals surface area contributed by atoms with E-state index >= 15 is 0 Å². The molecule has 0 saturated carbocycles. The number of aryl methyl sites for hydroxylation is 1. The minimum absolute atomic E-state index is 0.00948. The minimum Gasteiger partial charge on any atom is -0.366 e. The van der Waals surface area contributed by atoms with Crippen LogP contribution in [0.3, 0.4) is 0 Å². The van der Waals surface area contributed by atoms with Gasteiger partial charge in [-0.3, -0.25) is 18.9 Å². The summed E-state index contributed by atoms with van der Waals surface area (Å²) in [4.78, 5) is 32.6. The Morgan fingerprint density at radius 2 is 2.14 bits per heavy atom. The van der Waals surface area contributed by atoms with Gasteiger partial charge >= 0.3 is 0 Å². The predicted octanol–water partition coefficient (Wildman–Crippen LogP) is 3.60. The fourth-order valence-corrected chi connectivity index (χ4v) is 4.31. The van der Waals surface area contributed by atoms with Crippen LogP contribution >= 0.6 is 24.0 Å². The Balaban J connectivity index is 2.16. The molecule has 2 aromatic rings. The molecule has 28 heavy (non-hydrogen) atoms. The van der Waals surface area contributed by atoms with E-state index in [-0.39, 0.29) is 17.5 Å². The summed E-state index contributed by atoms with van der Waals surface area (Å²) in [6.45, 7) is 10.0. The van der Waals surface area contributed by atoms with Crippen LogP contribution in [-0.4, -0.2) is 37.1 Å². The molecule has 1 aliphatic rings. The number of nitrogens with zero attached hydrogens (tertiary/aromatic N) is 3. The highest BCUT2D eigenvalue weighted by molar-refractivity contribution is 8.26. The number of carbonyl (C=O) groups excluding carboxylic acids is 1. The Morgan fingerprint density at radius 1 is 1.39 bits per heavy atom. The van der Waals surface area contributed by atoms with Crippen molar-refractivity contribution >= 4 is 51.7 Å². The Bertz CT molecular complexity index is 1060. The molecule has 146 valence electrons. The van der Waals surface area contributed by atoms with Gasteiger partial charge in [-0.15, -0.1) is 6.58 Å². The number of thiocarbonyl (C=S) groups is 1. The summed E-state index contributed by atoms with van der Waals surface area (Å²) in [5, 5.41) is 3.10. The summed E-state index contributed by atoms with van der Waals surface area (Å²) in [5.74, 6) is 0.246. The molecule has 1 saturated heterocycles. The lowest BCUT2D eigenvalue weighted by Gasteiger charge is -2.21. The van der Waals surface area contributed by atoms with Gasteiger partial charge in [0.1, 0.15) is 15.8 Å². The number of pyridine rings is 1. The van der Waals surface area contributed by atoms with Crippen LogP contribution in [0, 0.1) is 6.92 Å². The normalized spacial score (nSPS) is 16.8. The third-order valence-corrected chi connectivity index (χ3v) is 5.88. The van der Waals surface area contributed by atoms with Crippen LogP contribution in [0.4, 0.5) is 5.82 Å². The van der Waals surface area contributed by atoms with Crippen molar-refractivity contribution in [2.75, 3.05) is 11.9 Å². The van der Waals surface area contributed by atoms with Crippen molar-refractivity contribution in [3.63, 3.8) is 0 Å². The summed E-state index contributed by atoms with van der Waals surface area (Å²) >= 11 is 6.60. The van der Waals surface area contributed by atoms with Crippen LogP contribution in [0.25, 0.3) is 11.7 Å². The van der Waals surface area contributed by atoms with Crippen LogP contribution < -0.4 is 10.9 Å². The van der Waals surface area contributed by atoms with E-state index in [0.717, 1.165) is 12.0 Å². The fraction of sp³-hybridized carbons (Fsp3) is 0.300. The second-order valence-corrected chi connectivity index (χ2v) is 8.27. The van der Waals surface area contributed by atoms with E-state index in [4.69, 9.17) is 12.2 Å². The summed E-state index contributed by atoms with van der Waals surface area (Å²) in [5.41, 5.74) is 1.56. The number of carbonyl (C=O) groups is 1. The van der Waals surface area contributed by atoms with Crippen LogP contribution in [0.5, 0.6) is 0 Å². The van der Waals surface area contributed by atoms with E-state index in [1.54, 1.807) is 29.3 Å². The first-order valence-electron chi connectivity index (χ1n) is 9.02. The topological polar surface area (TPSA) is 66.7 Å². The van der Waals surface area contributed by atoms with Gasteiger partial charge in [0.05, 0.1) is 10.5 Å². The van der Waals surface area contributed by atoms with Crippen molar-refractivity contribution in [3.8, 4) is 0 Å². The fourth-order valence-electron chi connectivity index (χ4n) is 2.87. The number of nitrogens with one attached hydrogen (secondary N) is 1. The van der Waals surface area contributed by atoms with Gasteiger partial charge in [-0.2, -0.15) is 0 Å². The van der Waals surface area contributed by atoms with E-state index in [9.17, 15) is 9.59 Å².